The van der Waals surface area contributed by atoms with E-state index >= 15 is 0 Å². The molecule has 0 amide bonds. The Hall–Kier alpha value is -2.03. The quantitative estimate of drug-likeness (QED) is 0.391. The monoisotopic (exact) mass is 273 g/mol. The second-order valence-corrected chi connectivity index (χ2v) is 5.57. The first-order valence-corrected chi connectivity index (χ1v) is 6.73. The van der Waals surface area contributed by atoms with Crippen LogP contribution in [0.1, 0.15) is 39.7 Å². The largest absolute Gasteiger partial charge is 0.457 e. The van der Waals surface area contributed by atoms with Crippen molar-refractivity contribution in [3.63, 3.8) is 0 Å². The molecule has 0 unspecified atom stereocenters. The lowest BCUT2D eigenvalue weighted by molar-refractivity contribution is -0.149. The van der Waals surface area contributed by atoms with Gasteiger partial charge in [0.25, 0.3) is 0 Å². The molecule has 20 heavy (non-hydrogen) atoms. The van der Waals surface area contributed by atoms with Gasteiger partial charge in [0.15, 0.2) is 0 Å². The third kappa shape index (κ3) is 5.31. The summed E-state index contributed by atoms with van der Waals surface area (Å²) in [7, 11) is 0. The van der Waals surface area contributed by atoms with Crippen molar-refractivity contribution in [2.24, 2.45) is 0 Å². The first-order valence-electron chi connectivity index (χ1n) is 6.73. The number of allylic oxidation sites excluding steroid dienone is 2. The number of rotatable bonds is 4. The Bertz CT molecular complexity index is 522. The number of carbonyl (C=O) groups is 1. The van der Waals surface area contributed by atoms with Gasteiger partial charge in [-0.15, -0.1) is 0 Å². The highest BCUT2D eigenvalue weighted by atomic mass is 16.6. The minimum Gasteiger partial charge on any atom is -0.457 e. The van der Waals surface area contributed by atoms with Crippen LogP contribution in [0, 0.1) is 0 Å². The minimum absolute atomic E-state index is 0.307. The molecular weight excluding hydrogens is 250 g/mol. The van der Waals surface area contributed by atoms with Gasteiger partial charge in [-0.25, -0.2) is 4.79 Å². The van der Waals surface area contributed by atoms with Crippen molar-refractivity contribution in [2.75, 3.05) is 5.73 Å². The summed E-state index contributed by atoms with van der Waals surface area (Å²) < 4.78 is 5.43. The van der Waals surface area contributed by atoms with E-state index in [2.05, 4.69) is 0 Å². The Morgan fingerprint density at radius 2 is 1.95 bits per heavy atom. The second-order valence-electron chi connectivity index (χ2n) is 5.57. The van der Waals surface area contributed by atoms with Gasteiger partial charge in [-0.2, -0.15) is 0 Å². The molecule has 0 radical (unpaired) electrons. The number of nitrogen functional groups attached to an aromatic ring is 1. The summed E-state index contributed by atoms with van der Waals surface area (Å²) in [6.07, 6.45) is 6.16. The van der Waals surface area contributed by atoms with Gasteiger partial charge in [-0.3, -0.25) is 0 Å². The highest BCUT2D eigenvalue weighted by Crippen LogP contribution is 2.20. The first-order chi connectivity index (χ1) is 9.33. The zero-order valence-corrected chi connectivity index (χ0v) is 12.6. The molecule has 0 saturated carbocycles. The molecule has 0 aliphatic heterocycles. The predicted molar refractivity (Wildman–Crippen MR) is 84.1 cm³/mol. The fourth-order valence-electron chi connectivity index (χ4n) is 1.62. The Morgan fingerprint density at radius 1 is 1.30 bits per heavy atom. The molecule has 3 nitrogen and oxygen atoms in total. The molecule has 0 aliphatic rings. The molecule has 0 heterocycles. The standard InChI is InChI=1S/C17H23NO2/c1-5-6-9-14(16(19)20-17(2,3)4)12-13-10-7-8-11-15(13)18/h5-8,10-12H,9,18H2,1-4H3. The maximum atomic E-state index is 12.2. The van der Waals surface area contributed by atoms with Crippen LogP contribution in [0.3, 0.4) is 0 Å². The van der Waals surface area contributed by atoms with E-state index < -0.39 is 5.60 Å². The van der Waals surface area contributed by atoms with Crippen molar-refractivity contribution in [1.82, 2.24) is 0 Å². The van der Waals surface area contributed by atoms with Crippen LogP contribution in [0.15, 0.2) is 42.0 Å². The summed E-state index contributed by atoms with van der Waals surface area (Å²) >= 11 is 0. The summed E-state index contributed by atoms with van der Waals surface area (Å²) in [5.41, 5.74) is 7.48. The number of ether oxygens (including phenoxy) is 1. The number of benzene rings is 1. The van der Waals surface area contributed by atoms with E-state index in [9.17, 15) is 4.79 Å². The van der Waals surface area contributed by atoms with Crippen molar-refractivity contribution >= 4 is 17.7 Å². The van der Waals surface area contributed by atoms with E-state index in [1.54, 1.807) is 6.08 Å². The summed E-state index contributed by atoms with van der Waals surface area (Å²) in [5.74, 6) is -0.307. The number of para-hydroxylation sites is 1. The lowest BCUT2D eigenvalue weighted by atomic mass is 10.1. The summed E-state index contributed by atoms with van der Waals surface area (Å²) in [4.78, 5) is 12.2. The number of hydrogen-bond acceptors (Lipinski definition) is 3. The van der Waals surface area contributed by atoms with E-state index in [-0.39, 0.29) is 5.97 Å². The average Bonchev–Trinajstić information content (AvgIpc) is 2.34. The van der Waals surface area contributed by atoms with Crippen molar-refractivity contribution < 1.29 is 9.53 Å². The molecule has 0 saturated heterocycles. The van der Waals surface area contributed by atoms with Crippen LogP contribution >= 0.6 is 0 Å². The summed E-state index contributed by atoms with van der Waals surface area (Å²) in [6, 6.07) is 7.46. The predicted octanol–water partition coefficient (Wildman–Crippen LogP) is 3.96. The topological polar surface area (TPSA) is 52.3 Å². The van der Waals surface area contributed by atoms with E-state index in [1.807, 2.05) is 64.1 Å². The van der Waals surface area contributed by atoms with Gasteiger partial charge in [-0.1, -0.05) is 30.4 Å². The van der Waals surface area contributed by atoms with Crippen LogP contribution in [0.5, 0.6) is 0 Å². The van der Waals surface area contributed by atoms with Crippen LogP contribution < -0.4 is 5.73 Å². The molecule has 0 aromatic heterocycles. The minimum atomic E-state index is -0.506. The van der Waals surface area contributed by atoms with Crippen molar-refractivity contribution in [3.05, 3.63) is 47.6 Å². The Morgan fingerprint density at radius 3 is 2.50 bits per heavy atom. The van der Waals surface area contributed by atoms with Crippen LogP contribution in [-0.4, -0.2) is 11.6 Å². The fourth-order valence-corrected chi connectivity index (χ4v) is 1.62. The molecule has 0 atom stereocenters. The highest BCUT2D eigenvalue weighted by molar-refractivity contribution is 5.95. The second kappa shape index (κ2) is 6.94. The summed E-state index contributed by atoms with van der Waals surface area (Å²) in [5, 5.41) is 0. The smallest absolute Gasteiger partial charge is 0.334 e. The van der Waals surface area contributed by atoms with E-state index in [0.717, 1.165) is 5.56 Å². The third-order valence-corrected chi connectivity index (χ3v) is 2.56. The highest BCUT2D eigenvalue weighted by Gasteiger charge is 2.19. The number of nitrogens with two attached hydrogens (primary N) is 1. The van der Waals surface area contributed by atoms with Crippen molar-refractivity contribution in [2.45, 2.75) is 39.7 Å². The molecule has 108 valence electrons. The van der Waals surface area contributed by atoms with E-state index in [4.69, 9.17) is 10.5 Å². The molecule has 2 N–H and O–H groups in total. The molecule has 0 spiro atoms. The zero-order valence-electron chi connectivity index (χ0n) is 12.6. The summed E-state index contributed by atoms with van der Waals surface area (Å²) in [6.45, 7) is 7.49. The van der Waals surface area contributed by atoms with Gasteiger partial charge in [-0.05, 0) is 51.8 Å². The van der Waals surface area contributed by atoms with Crippen molar-refractivity contribution in [3.8, 4) is 0 Å². The normalized spacial score (nSPS) is 12.7. The van der Waals surface area contributed by atoms with E-state index in [1.165, 1.54) is 0 Å². The SMILES string of the molecule is CC=CCC(=Cc1ccccc1N)C(=O)OC(C)(C)C. The molecule has 1 aromatic carbocycles. The van der Waals surface area contributed by atoms with Crippen LogP contribution in [-0.2, 0) is 9.53 Å². The Balaban J connectivity index is 3.06. The average molecular weight is 273 g/mol. The number of hydrogen-bond donors (Lipinski definition) is 1. The molecule has 3 heteroatoms. The lowest BCUT2D eigenvalue weighted by Gasteiger charge is -2.20. The van der Waals surface area contributed by atoms with Gasteiger partial charge in [0.05, 0.1) is 0 Å². The lowest BCUT2D eigenvalue weighted by Crippen LogP contribution is -2.24. The number of esters is 1. The Labute approximate surface area is 121 Å². The van der Waals surface area contributed by atoms with Crippen LogP contribution in [0.2, 0.25) is 0 Å². The van der Waals surface area contributed by atoms with Gasteiger partial charge in [0.2, 0.25) is 0 Å². The van der Waals surface area contributed by atoms with Gasteiger partial charge in [0, 0.05) is 11.3 Å². The first kappa shape index (κ1) is 16.0. The zero-order chi connectivity index (χ0) is 15.2. The van der Waals surface area contributed by atoms with Crippen LogP contribution in [0.4, 0.5) is 5.69 Å². The van der Waals surface area contributed by atoms with Gasteiger partial charge in [0.1, 0.15) is 5.60 Å². The number of carbonyl (C=O) groups excluding carboxylic acids is 1. The molecule has 0 aliphatic carbocycles. The molecule has 1 rings (SSSR count). The van der Waals surface area contributed by atoms with Crippen LogP contribution in [0.25, 0.3) is 6.08 Å². The van der Waals surface area contributed by atoms with Crippen molar-refractivity contribution in [1.29, 1.82) is 0 Å². The molecule has 0 bridgehead atoms. The maximum absolute atomic E-state index is 12.2. The van der Waals surface area contributed by atoms with Gasteiger partial charge < -0.3 is 10.5 Å². The Kier molecular flexibility index (Phi) is 5.56. The fraction of sp³-hybridized carbons (Fsp3) is 0.353. The molecule has 1 aromatic rings. The third-order valence-electron chi connectivity index (χ3n) is 2.56. The number of anilines is 1. The maximum Gasteiger partial charge on any atom is 0.334 e. The molecular formula is C17H23NO2. The van der Waals surface area contributed by atoms with E-state index in [0.29, 0.717) is 17.7 Å². The van der Waals surface area contributed by atoms with Gasteiger partial charge >= 0.3 is 5.97 Å². The molecule has 0 fully saturated rings.